The molecule has 0 saturated carbocycles. The van der Waals surface area contributed by atoms with Gasteiger partial charge in [-0.15, -0.1) is 0 Å². The first-order valence-corrected chi connectivity index (χ1v) is 9.77. The van der Waals surface area contributed by atoms with Crippen LogP contribution in [0, 0.1) is 12.7 Å². The summed E-state index contributed by atoms with van der Waals surface area (Å²) in [5, 5.41) is 2.79. The first-order chi connectivity index (χ1) is 12.5. The van der Waals surface area contributed by atoms with Crippen LogP contribution in [0.15, 0.2) is 18.2 Å². The van der Waals surface area contributed by atoms with Crippen molar-refractivity contribution in [2.24, 2.45) is 0 Å². The lowest BCUT2D eigenvalue weighted by Gasteiger charge is -2.38. The van der Waals surface area contributed by atoms with Crippen LogP contribution in [0.25, 0.3) is 0 Å². The number of halogens is 1. The van der Waals surface area contributed by atoms with E-state index in [0.717, 1.165) is 70.5 Å². The van der Waals surface area contributed by atoms with Crippen molar-refractivity contribution < 1.29 is 9.18 Å². The first-order valence-electron chi connectivity index (χ1n) is 9.77. The van der Waals surface area contributed by atoms with Crippen molar-refractivity contribution in [1.29, 1.82) is 0 Å². The highest BCUT2D eigenvalue weighted by molar-refractivity contribution is 5.89. The van der Waals surface area contributed by atoms with Gasteiger partial charge in [-0.1, -0.05) is 6.07 Å². The highest BCUT2D eigenvalue weighted by Crippen LogP contribution is 2.23. The highest BCUT2D eigenvalue weighted by atomic mass is 19.1. The van der Waals surface area contributed by atoms with Crippen LogP contribution in [-0.4, -0.2) is 73.1 Å². The molecule has 3 rings (SSSR count). The SMILES string of the molecule is Cc1ccc(F)c(NC(=O)N2CCCCC2CCN2CCN(C)CC2)c1. The molecule has 0 spiro atoms. The third-order valence-electron chi connectivity index (χ3n) is 5.63. The maximum atomic E-state index is 14.0. The van der Waals surface area contributed by atoms with Crippen LogP contribution in [0.1, 0.15) is 31.2 Å². The van der Waals surface area contributed by atoms with Gasteiger partial charge < -0.3 is 20.0 Å². The molecule has 2 fully saturated rings. The van der Waals surface area contributed by atoms with Crippen molar-refractivity contribution in [3.8, 4) is 0 Å². The number of hydrogen-bond acceptors (Lipinski definition) is 3. The first kappa shape index (κ1) is 19.1. The van der Waals surface area contributed by atoms with Crippen LogP contribution in [0.5, 0.6) is 0 Å². The average Bonchev–Trinajstić information content (AvgIpc) is 2.64. The number of benzene rings is 1. The second-order valence-electron chi connectivity index (χ2n) is 7.69. The van der Waals surface area contributed by atoms with Crippen LogP contribution in [0.3, 0.4) is 0 Å². The summed E-state index contributed by atoms with van der Waals surface area (Å²) in [5.74, 6) is -0.380. The second kappa shape index (κ2) is 8.82. The Bertz CT molecular complexity index is 616. The molecule has 1 N–H and O–H groups in total. The fourth-order valence-corrected chi connectivity index (χ4v) is 3.89. The van der Waals surface area contributed by atoms with E-state index in [0.29, 0.717) is 0 Å². The van der Waals surface area contributed by atoms with Crippen LogP contribution >= 0.6 is 0 Å². The van der Waals surface area contributed by atoms with Crippen molar-refractivity contribution in [3.05, 3.63) is 29.6 Å². The second-order valence-corrected chi connectivity index (χ2v) is 7.69. The van der Waals surface area contributed by atoms with Gasteiger partial charge in [0.2, 0.25) is 0 Å². The molecule has 5 nitrogen and oxygen atoms in total. The molecule has 0 radical (unpaired) electrons. The molecule has 2 aliphatic heterocycles. The lowest BCUT2D eigenvalue weighted by molar-refractivity contribution is 0.122. The molecule has 0 aromatic heterocycles. The molecule has 1 aromatic rings. The summed E-state index contributed by atoms with van der Waals surface area (Å²) in [6.07, 6.45) is 4.22. The van der Waals surface area contributed by atoms with Crippen LogP contribution < -0.4 is 5.32 Å². The van der Waals surface area contributed by atoms with Gasteiger partial charge in [-0.05, 0) is 57.4 Å². The Labute approximate surface area is 156 Å². The summed E-state index contributed by atoms with van der Waals surface area (Å²) in [7, 11) is 2.16. The molecule has 1 aromatic carbocycles. The number of nitrogens with zero attached hydrogens (tertiary/aromatic N) is 3. The predicted molar refractivity (Wildman–Crippen MR) is 103 cm³/mol. The average molecular weight is 362 g/mol. The minimum atomic E-state index is -0.380. The number of carbonyl (C=O) groups excluding carboxylic acids is 1. The third-order valence-corrected chi connectivity index (χ3v) is 5.63. The van der Waals surface area contributed by atoms with Gasteiger partial charge in [0.1, 0.15) is 5.82 Å². The smallest absolute Gasteiger partial charge is 0.322 e. The summed E-state index contributed by atoms with van der Waals surface area (Å²) in [6.45, 7) is 8.11. The van der Waals surface area contributed by atoms with E-state index in [9.17, 15) is 9.18 Å². The van der Waals surface area contributed by atoms with Gasteiger partial charge in [-0.25, -0.2) is 9.18 Å². The summed E-state index contributed by atoms with van der Waals surface area (Å²) < 4.78 is 14.0. The Hall–Kier alpha value is -1.66. The van der Waals surface area contributed by atoms with Crippen LogP contribution in [0.2, 0.25) is 0 Å². The topological polar surface area (TPSA) is 38.8 Å². The van der Waals surface area contributed by atoms with E-state index in [1.54, 1.807) is 12.1 Å². The van der Waals surface area contributed by atoms with E-state index in [1.165, 1.54) is 6.07 Å². The molecular formula is C20H31FN4O. The number of urea groups is 1. The zero-order valence-electron chi connectivity index (χ0n) is 16.0. The summed E-state index contributed by atoms with van der Waals surface area (Å²) in [5.41, 5.74) is 1.21. The van der Waals surface area contributed by atoms with E-state index in [1.807, 2.05) is 11.8 Å². The molecule has 0 bridgehead atoms. The number of anilines is 1. The third kappa shape index (κ3) is 4.95. The zero-order valence-corrected chi connectivity index (χ0v) is 16.0. The minimum Gasteiger partial charge on any atom is -0.322 e. The quantitative estimate of drug-likeness (QED) is 0.894. The van der Waals surface area contributed by atoms with Crippen molar-refractivity contribution in [3.63, 3.8) is 0 Å². The largest absolute Gasteiger partial charge is 0.322 e. The maximum Gasteiger partial charge on any atom is 0.322 e. The van der Waals surface area contributed by atoms with Gasteiger partial charge in [-0.3, -0.25) is 0 Å². The molecule has 2 heterocycles. The molecule has 1 atom stereocenters. The van der Waals surface area contributed by atoms with Gasteiger partial charge >= 0.3 is 6.03 Å². The van der Waals surface area contributed by atoms with E-state index >= 15 is 0 Å². The van der Waals surface area contributed by atoms with E-state index in [2.05, 4.69) is 22.2 Å². The Morgan fingerprint density at radius 2 is 1.96 bits per heavy atom. The number of carbonyl (C=O) groups is 1. The summed E-state index contributed by atoms with van der Waals surface area (Å²) in [6, 6.07) is 4.89. The number of likely N-dealkylation sites (N-methyl/N-ethyl adjacent to an activating group) is 1. The van der Waals surface area contributed by atoms with E-state index in [4.69, 9.17) is 0 Å². The number of nitrogens with one attached hydrogen (secondary N) is 1. The number of piperazine rings is 1. The molecule has 0 aliphatic carbocycles. The monoisotopic (exact) mass is 362 g/mol. The van der Waals surface area contributed by atoms with Crippen LogP contribution in [0.4, 0.5) is 14.9 Å². The number of aryl methyl sites for hydroxylation is 1. The molecule has 26 heavy (non-hydrogen) atoms. The van der Waals surface area contributed by atoms with Gasteiger partial charge in [-0.2, -0.15) is 0 Å². The van der Waals surface area contributed by atoms with Gasteiger partial charge in [0.15, 0.2) is 0 Å². The Kier molecular flexibility index (Phi) is 6.48. The fraction of sp³-hybridized carbons (Fsp3) is 0.650. The zero-order chi connectivity index (χ0) is 18.5. The normalized spacial score (nSPS) is 22.4. The summed E-state index contributed by atoms with van der Waals surface area (Å²) >= 11 is 0. The standard InChI is InChI=1S/C20H31FN4O/c1-16-6-7-18(21)19(15-16)22-20(26)25-9-4-3-5-17(25)8-10-24-13-11-23(2)12-14-24/h6-7,15,17H,3-5,8-14H2,1-2H3,(H,22,26). The summed E-state index contributed by atoms with van der Waals surface area (Å²) in [4.78, 5) is 19.5. The maximum absolute atomic E-state index is 14.0. The number of amides is 2. The van der Waals surface area contributed by atoms with Crippen molar-refractivity contribution in [2.45, 2.75) is 38.6 Å². The number of piperidine rings is 1. The van der Waals surface area contributed by atoms with Gasteiger partial charge in [0, 0.05) is 45.3 Å². The van der Waals surface area contributed by atoms with Gasteiger partial charge in [0.25, 0.3) is 0 Å². The number of rotatable bonds is 4. The predicted octanol–water partition coefficient (Wildman–Crippen LogP) is 3.16. The minimum absolute atomic E-state index is 0.169. The molecule has 2 saturated heterocycles. The van der Waals surface area contributed by atoms with Gasteiger partial charge in [0.05, 0.1) is 5.69 Å². The number of hydrogen-bond donors (Lipinski definition) is 1. The molecule has 2 amide bonds. The Morgan fingerprint density at radius 1 is 1.19 bits per heavy atom. The van der Waals surface area contributed by atoms with Crippen molar-refractivity contribution in [1.82, 2.24) is 14.7 Å². The number of likely N-dealkylation sites (tertiary alicyclic amines) is 1. The lowest BCUT2D eigenvalue weighted by Crippen LogP contribution is -2.49. The lowest BCUT2D eigenvalue weighted by atomic mass is 9.99. The van der Waals surface area contributed by atoms with Crippen LogP contribution in [-0.2, 0) is 0 Å². The molecule has 6 heteroatoms. The molecular weight excluding hydrogens is 331 g/mol. The van der Waals surface area contributed by atoms with E-state index in [-0.39, 0.29) is 23.6 Å². The Morgan fingerprint density at radius 3 is 2.73 bits per heavy atom. The molecule has 2 aliphatic rings. The van der Waals surface area contributed by atoms with Crippen molar-refractivity contribution in [2.75, 3.05) is 51.6 Å². The molecule has 144 valence electrons. The Balaban J connectivity index is 1.57. The van der Waals surface area contributed by atoms with Crippen molar-refractivity contribution >= 4 is 11.7 Å². The fourth-order valence-electron chi connectivity index (χ4n) is 3.89. The van der Waals surface area contributed by atoms with E-state index < -0.39 is 0 Å². The molecule has 1 unspecified atom stereocenters. The highest BCUT2D eigenvalue weighted by Gasteiger charge is 2.28.